The Kier molecular flexibility index (Phi) is 4.63. The molecule has 0 saturated carbocycles. The van der Waals surface area contributed by atoms with E-state index in [1.807, 2.05) is 41.0 Å². The number of ether oxygens (including phenoxy) is 1. The molecule has 2 N–H and O–H groups in total. The molecular weight excluding hydrogens is 294 g/mol. The van der Waals surface area contributed by atoms with Crippen LogP contribution in [0.25, 0.3) is 0 Å². The van der Waals surface area contributed by atoms with Crippen LogP contribution < -0.4 is 5.73 Å². The van der Waals surface area contributed by atoms with Crippen LogP contribution in [0.5, 0.6) is 0 Å². The van der Waals surface area contributed by atoms with Crippen LogP contribution in [-0.4, -0.2) is 60.0 Å². The summed E-state index contributed by atoms with van der Waals surface area (Å²) in [6.07, 6.45) is 0.625. The number of rotatable bonds is 3. The smallest absolute Gasteiger partial charge is 0.236 e. The molecule has 2 amide bonds. The standard InChI is InChI=1S/C17H23N3O3/c1-12-9-19(6-7-23-12)16(21)11-20-10-14-5-3-2-4-13(14)8-15(20)17(18)22/h2-5,12,15H,6-11H2,1H3,(H2,18,22)/t12-,15+/m1/s1. The third-order valence-electron chi connectivity index (χ3n) is 4.61. The molecule has 0 unspecified atom stereocenters. The van der Waals surface area contributed by atoms with Crippen LogP contribution >= 0.6 is 0 Å². The first-order valence-corrected chi connectivity index (χ1v) is 8.04. The van der Waals surface area contributed by atoms with Gasteiger partial charge in [-0.2, -0.15) is 0 Å². The lowest BCUT2D eigenvalue weighted by Gasteiger charge is -2.37. The lowest BCUT2D eigenvalue weighted by molar-refractivity contribution is -0.141. The molecular formula is C17H23N3O3. The molecule has 0 radical (unpaired) electrons. The van der Waals surface area contributed by atoms with E-state index in [9.17, 15) is 9.59 Å². The van der Waals surface area contributed by atoms with Gasteiger partial charge in [-0.25, -0.2) is 0 Å². The normalized spacial score (nSPS) is 25.0. The molecule has 2 heterocycles. The van der Waals surface area contributed by atoms with Crippen LogP contribution in [0.1, 0.15) is 18.1 Å². The Bertz CT molecular complexity index is 605. The van der Waals surface area contributed by atoms with E-state index >= 15 is 0 Å². The average Bonchev–Trinajstić information content (AvgIpc) is 2.54. The summed E-state index contributed by atoms with van der Waals surface area (Å²) >= 11 is 0. The number of hydrogen-bond acceptors (Lipinski definition) is 4. The number of fused-ring (bicyclic) bond motifs is 1. The van der Waals surface area contributed by atoms with Crippen LogP contribution in [0.2, 0.25) is 0 Å². The van der Waals surface area contributed by atoms with Crippen LogP contribution in [-0.2, 0) is 27.3 Å². The first-order chi connectivity index (χ1) is 11.0. The van der Waals surface area contributed by atoms with Crippen LogP contribution in [0.15, 0.2) is 24.3 Å². The highest BCUT2D eigenvalue weighted by Crippen LogP contribution is 2.23. The number of nitrogens with two attached hydrogens (primary N) is 1. The number of hydrogen-bond donors (Lipinski definition) is 1. The van der Waals surface area contributed by atoms with Crippen molar-refractivity contribution in [3.8, 4) is 0 Å². The minimum absolute atomic E-state index is 0.0331. The van der Waals surface area contributed by atoms with Gasteiger partial charge >= 0.3 is 0 Å². The zero-order valence-electron chi connectivity index (χ0n) is 13.4. The number of nitrogens with zero attached hydrogens (tertiary/aromatic N) is 2. The first kappa shape index (κ1) is 16.0. The summed E-state index contributed by atoms with van der Waals surface area (Å²) in [7, 11) is 0. The molecule has 2 atom stereocenters. The summed E-state index contributed by atoms with van der Waals surface area (Å²) in [6, 6.07) is 7.58. The number of carbonyl (C=O) groups is 2. The van der Waals surface area contributed by atoms with Crippen LogP contribution in [0.4, 0.5) is 0 Å². The highest BCUT2D eigenvalue weighted by molar-refractivity contribution is 5.83. The van der Waals surface area contributed by atoms with E-state index in [4.69, 9.17) is 10.5 Å². The van der Waals surface area contributed by atoms with E-state index < -0.39 is 6.04 Å². The second-order valence-electron chi connectivity index (χ2n) is 6.32. The van der Waals surface area contributed by atoms with Crippen LogP contribution in [0, 0.1) is 0 Å². The quantitative estimate of drug-likeness (QED) is 0.861. The number of amides is 2. The summed E-state index contributed by atoms with van der Waals surface area (Å²) in [6.45, 7) is 4.53. The van der Waals surface area contributed by atoms with Gasteiger partial charge in [-0.05, 0) is 24.5 Å². The number of benzene rings is 1. The Balaban J connectivity index is 1.72. The van der Waals surface area contributed by atoms with Crippen molar-refractivity contribution in [3.63, 3.8) is 0 Å². The van der Waals surface area contributed by atoms with Crippen molar-refractivity contribution in [1.82, 2.24) is 9.80 Å². The van der Waals surface area contributed by atoms with E-state index in [-0.39, 0.29) is 24.5 Å². The van der Waals surface area contributed by atoms with Gasteiger partial charge in [-0.15, -0.1) is 0 Å². The van der Waals surface area contributed by atoms with Crippen molar-refractivity contribution in [3.05, 3.63) is 35.4 Å². The van der Waals surface area contributed by atoms with Gasteiger partial charge in [-0.3, -0.25) is 14.5 Å². The molecule has 1 aromatic rings. The van der Waals surface area contributed by atoms with Gasteiger partial charge in [0.25, 0.3) is 0 Å². The molecule has 1 aromatic carbocycles. The highest BCUT2D eigenvalue weighted by Gasteiger charge is 2.32. The largest absolute Gasteiger partial charge is 0.375 e. The monoisotopic (exact) mass is 317 g/mol. The molecule has 6 heteroatoms. The lowest BCUT2D eigenvalue weighted by atomic mass is 9.93. The fourth-order valence-electron chi connectivity index (χ4n) is 3.34. The zero-order chi connectivity index (χ0) is 16.4. The maximum absolute atomic E-state index is 12.6. The molecule has 2 aliphatic rings. The van der Waals surface area contributed by atoms with E-state index in [0.717, 1.165) is 11.1 Å². The van der Waals surface area contributed by atoms with E-state index in [1.54, 1.807) is 0 Å². The van der Waals surface area contributed by atoms with Gasteiger partial charge in [0.05, 0.1) is 25.3 Å². The van der Waals surface area contributed by atoms with Gasteiger partial charge in [0, 0.05) is 19.6 Å². The van der Waals surface area contributed by atoms with Gasteiger partial charge in [0.15, 0.2) is 0 Å². The molecule has 0 aromatic heterocycles. The Morgan fingerprint density at radius 1 is 1.30 bits per heavy atom. The molecule has 3 rings (SSSR count). The molecule has 2 aliphatic heterocycles. The number of morpholine rings is 1. The summed E-state index contributed by atoms with van der Waals surface area (Å²) in [5.41, 5.74) is 7.86. The minimum Gasteiger partial charge on any atom is -0.375 e. The zero-order valence-corrected chi connectivity index (χ0v) is 13.4. The Hall–Kier alpha value is -1.92. The average molecular weight is 317 g/mol. The predicted octanol–water partition coefficient (Wildman–Crippen LogP) is 0.146. The van der Waals surface area contributed by atoms with E-state index in [1.165, 1.54) is 0 Å². The second kappa shape index (κ2) is 6.68. The number of carbonyl (C=O) groups excluding carboxylic acids is 2. The summed E-state index contributed by atoms with van der Waals surface area (Å²) in [4.78, 5) is 28.1. The van der Waals surface area contributed by atoms with Gasteiger partial charge in [-0.1, -0.05) is 24.3 Å². The molecule has 0 bridgehead atoms. The van der Waals surface area contributed by atoms with Crippen molar-refractivity contribution in [1.29, 1.82) is 0 Å². The maximum atomic E-state index is 12.6. The minimum atomic E-state index is -0.424. The fourth-order valence-corrected chi connectivity index (χ4v) is 3.34. The van der Waals surface area contributed by atoms with Crippen molar-refractivity contribution < 1.29 is 14.3 Å². The molecule has 6 nitrogen and oxygen atoms in total. The lowest BCUT2D eigenvalue weighted by Crippen LogP contribution is -2.54. The van der Waals surface area contributed by atoms with Gasteiger partial charge in [0.1, 0.15) is 0 Å². The van der Waals surface area contributed by atoms with Gasteiger partial charge in [0.2, 0.25) is 11.8 Å². The number of primary amides is 1. The Labute approximate surface area is 136 Å². The van der Waals surface area contributed by atoms with Crippen LogP contribution in [0.3, 0.4) is 0 Å². The SMILES string of the molecule is C[C@@H]1CN(C(=O)CN2Cc3ccccc3C[C@H]2C(N)=O)CCO1. The summed E-state index contributed by atoms with van der Waals surface area (Å²) in [5, 5.41) is 0. The van der Waals surface area contributed by atoms with Crippen molar-refractivity contribution in [2.75, 3.05) is 26.2 Å². The molecule has 1 saturated heterocycles. The molecule has 0 aliphatic carbocycles. The molecule has 124 valence electrons. The van der Waals surface area contributed by atoms with E-state index in [2.05, 4.69) is 0 Å². The van der Waals surface area contributed by atoms with Crippen molar-refractivity contribution >= 4 is 11.8 Å². The maximum Gasteiger partial charge on any atom is 0.236 e. The van der Waals surface area contributed by atoms with Gasteiger partial charge < -0.3 is 15.4 Å². The topological polar surface area (TPSA) is 75.9 Å². The molecule has 0 spiro atoms. The second-order valence-corrected chi connectivity index (χ2v) is 6.32. The molecule has 23 heavy (non-hydrogen) atoms. The summed E-state index contributed by atoms with van der Waals surface area (Å²) in [5.74, 6) is -0.339. The fraction of sp³-hybridized carbons (Fsp3) is 0.529. The first-order valence-electron chi connectivity index (χ1n) is 8.04. The Morgan fingerprint density at radius 3 is 2.74 bits per heavy atom. The van der Waals surface area contributed by atoms with E-state index in [0.29, 0.717) is 32.7 Å². The molecule has 1 fully saturated rings. The third-order valence-corrected chi connectivity index (χ3v) is 4.61. The third kappa shape index (κ3) is 3.54. The Morgan fingerprint density at radius 2 is 2.04 bits per heavy atom. The predicted molar refractivity (Wildman–Crippen MR) is 85.5 cm³/mol. The van der Waals surface area contributed by atoms with Crippen molar-refractivity contribution in [2.24, 2.45) is 5.73 Å². The summed E-state index contributed by atoms with van der Waals surface area (Å²) < 4.78 is 5.47. The van der Waals surface area contributed by atoms with Crippen molar-refractivity contribution in [2.45, 2.75) is 32.0 Å². The highest BCUT2D eigenvalue weighted by atomic mass is 16.5.